The maximum absolute atomic E-state index is 14.0. The Morgan fingerprint density at radius 2 is 1.24 bits per heavy atom. The first-order valence-electron chi connectivity index (χ1n) is 8.63. The molecular formula is C16H15F15O3. The summed E-state index contributed by atoms with van der Waals surface area (Å²) in [5, 5.41) is 0. The van der Waals surface area contributed by atoms with Crippen LogP contribution < -0.4 is 0 Å². The van der Waals surface area contributed by atoms with Gasteiger partial charge in [0, 0.05) is 19.1 Å². The zero-order chi connectivity index (χ0) is 27.6. The highest BCUT2D eigenvalue weighted by atomic mass is 19.4. The van der Waals surface area contributed by atoms with Crippen molar-refractivity contribution in [3.63, 3.8) is 0 Å². The average Bonchev–Trinajstić information content (AvgIpc) is 2.66. The maximum atomic E-state index is 14.0. The molecule has 18 heteroatoms. The molecule has 0 aromatic rings. The summed E-state index contributed by atoms with van der Waals surface area (Å²) < 4.78 is 207. The van der Waals surface area contributed by atoms with Gasteiger partial charge in [-0.1, -0.05) is 13.5 Å². The van der Waals surface area contributed by atoms with Crippen molar-refractivity contribution in [1.82, 2.24) is 0 Å². The largest absolute Gasteiger partial charge is 0.460 e. The summed E-state index contributed by atoms with van der Waals surface area (Å²) in [6.07, 6.45) is -20.9. The number of hydrogen-bond donors (Lipinski definition) is 0. The van der Waals surface area contributed by atoms with Crippen LogP contribution >= 0.6 is 0 Å². The van der Waals surface area contributed by atoms with Gasteiger partial charge in [-0.15, -0.1) is 0 Å². The van der Waals surface area contributed by atoms with Crippen LogP contribution in [0.4, 0.5) is 65.9 Å². The van der Waals surface area contributed by atoms with Gasteiger partial charge in [-0.3, -0.25) is 0 Å². The molecule has 0 bridgehead atoms. The fourth-order valence-electron chi connectivity index (χ4n) is 2.26. The summed E-state index contributed by atoms with van der Waals surface area (Å²) >= 11 is 0. The van der Waals surface area contributed by atoms with Crippen molar-refractivity contribution >= 4 is 5.97 Å². The number of halogens is 15. The SMILES string of the molecule is C=CC(=O)OCC(CC(F)(F)C(F)(F)C(F)(F)C(F)(F)C(F)(C(F)(F)F)C(F)(F)F)OCCC. The summed E-state index contributed by atoms with van der Waals surface area (Å²) in [6.45, 7) is 2.12. The molecule has 0 aromatic carbocycles. The molecule has 0 saturated carbocycles. The average molecular weight is 540 g/mol. The summed E-state index contributed by atoms with van der Waals surface area (Å²) in [5.41, 5.74) is -8.35. The van der Waals surface area contributed by atoms with Gasteiger partial charge in [0.1, 0.15) is 6.61 Å². The molecule has 34 heavy (non-hydrogen) atoms. The number of ether oxygens (including phenoxy) is 2. The van der Waals surface area contributed by atoms with Crippen molar-refractivity contribution in [1.29, 1.82) is 0 Å². The zero-order valence-corrected chi connectivity index (χ0v) is 16.6. The lowest BCUT2D eigenvalue weighted by atomic mass is 9.85. The van der Waals surface area contributed by atoms with E-state index >= 15 is 0 Å². The van der Waals surface area contributed by atoms with E-state index in [1.165, 1.54) is 6.92 Å². The molecule has 0 aromatic heterocycles. The Hall–Kier alpha value is -1.88. The molecular weight excluding hydrogens is 525 g/mol. The smallest absolute Gasteiger partial charge is 0.438 e. The van der Waals surface area contributed by atoms with Gasteiger partial charge >= 0.3 is 47.7 Å². The maximum Gasteiger partial charge on any atom is 0.438 e. The topological polar surface area (TPSA) is 35.5 Å². The van der Waals surface area contributed by atoms with E-state index in [4.69, 9.17) is 0 Å². The van der Waals surface area contributed by atoms with E-state index in [0.29, 0.717) is 6.08 Å². The van der Waals surface area contributed by atoms with Crippen molar-refractivity contribution < 1.29 is 80.1 Å². The summed E-state index contributed by atoms with van der Waals surface area (Å²) in [4.78, 5) is 10.9. The van der Waals surface area contributed by atoms with Crippen LogP contribution in [0.3, 0.4) is 0 Å². The number of carbonyl (C=O) groups excluding carboxylic acids is 1. The standard InChI is InChI=1S/C16H15F15O3/c1-3-5-33-8(7-34-9(32)4-2)6-10(17,18)12(20,21)14(24,25)13(22,23)11(19,15(26,27)28)16(29,30)31/h4,8H,2-3,5-7H2,1H3. The quantitative estimate of drug-likeness (QED) is 0.166. The van der Waals surface area contributed by atoms with Crippen LogP contribution in [0.1, 0.15) is 19.8 Å². The van der Waals surface area contributed by atoms with Gasteiger partial charge < -0.3 is 9.47 Å². The first-order valence-corrected chi connectivity index (χ1v) is 8.63. The van der Waals surface area contributed by atoms with Crippen LogP contribution in [0.25, 0.3) is 0 Å². The van der Waals surface area contributed by atoms with Crippen LogP contribution in [0.5, 0.6) is 0 Å². The van der Waals surface area contributed by atoms with Crippen LogP contribution in [-0.2, 0) is 14.3 Å². The van der Waals surface area contributed by atoms with Crippen molar-refractivity contribution in [2.75, 3.05) is 13.2 Å². The molecule has 0 aliphatic rings. The zero-order valence-electron chi connectivity index (χ0n) is 16.6. The molecule has 0 amide bonds. The van der Waals surface area contributed by atoms with Crippen LogP contribution in [-0.4, -0.2) is 67.0 Å². The lowest BCUT2D eigenvalue weighted by Crippen LogP contribution is -2.75. The Balaban J connectivity index is 6.45. The molecule has 0 N–H and O–H groups in total. The summed E-state index contributed by atoms with van der Waals surface area (Å²) in [5.74, 6) is -32.4. The molecule has 1 unspecified atom stereocenters. The highest BCUT2D eigenvalue weighted by molar-refractivity contribution is 5.81. The molecule has 0 aliphatic carbocycles. The number of alkyl halides is 15. The van der Waals surface area contributed by atoms with Gasteiger partial charge in [0.05, 0.1) is 6.10 Å². The third kappa shape index (κ3) is 5.50. The molecule has 0 fully saturated rings. The predicted octanol–water partition coefficient (Wildman–Crippen LogP) is 6.28. The Kier molecular flexibility index (Phi) is 9.45. The monoisotopic (exact) mass is 540 g/mol. The first-order chi connectivity index (χ1) is 14.9. The second kappa shape index (κ2) is 10.0. The molecule has 3 nitrogen and oxygen atoms in total. The van der Waals surface area contributed by atoms with Gasteiger partial charge in [-0.2, -0.15) is 61.5 Å². The number of rotatable bonds is 12. The van der Waals surface area contributed by atoms with Gasteiger partial charge in [0.25, 0.3) is 0 Å². The van der Waals surface area contributed by atoms with Gasteiger partial charge in [0.2, 0.25) is 0 Å². The lowest BCUT2D eigenvalue weighted by molar-refractivity contribution is -0.457. The van der Waals surface area contributed by atoms with E-state index < -0.39 is 73.4 Å². The fourth-order valence-corrected chi connectivity index (χ4v) is 2.26. The van der Waals surface area contributed by atoms with Crippen LogP contribution in [0.15, 0.2) is 12.7 Å². The molecule has 0 radical (unpaired) electrons. The first kappa shape index (κ1) is 32.1. The number of hydrogen-bond acceptors (Lipinski definition) is 3. The minimum Gasteiger partial charge on any atom is -0.460 e. The highest BCUT2D eigenvalue weighted by Crippen LogP contribution is 2.64. The minimum atomic E-state index is -8.49. The van der Waals surface area contributed by atoms with Crippen LogP contribution in [0, 0.1) is 0 Å². The molecule has 0 saturated heterocycles. The highest BCUT2D eigenvalue weighted by Gasteiger charge is 2.95. The summed E-state index contributed by atoms with van der Waals surface area (Å²) in [6, 6.07) is 0. The van der Waals surface area contributed by atoms with Crippen molar-refractivity contribution in [3.05, 3.63) is 12.7 Å². The normalized spacial score (nSPS) is 15.8. The Labute approximate surface area is 180 Å². The second-order valence-corrected chi connectivity index (χ2v) is 6.61. The van der Waals surface area contributed by atoms with Crippen molar-refractivity contribution in [2.24, 2.45) is 0 Å². The van der Waals surface area contributed by atoms with Gasteiger partial charge in [-0.25, -0.2) is 9.18 Å². The van der Waals surface area contributed by atoms with E-state index in [2.05, 4.69) is 16.1 Å². The third-order valence-corrected chi connectivity index (χ3v) is 4.08. The van der Waals surface area contributed by atoms with Crippen molar-refractivity contribution in [3.8, 4) is 0 Å². The number of esters is 1. The molecule has 0 rings (SSSR count). The molecule has 0 spiro atoms. The number of carbonyl (C=O) groups is 1. The Morgan fingerprint density at radius 3 is 1.59 bits per heavy atom. The Morgan fingerprint density at radius 1 is 0.794 bits per heavy atom. The predicted molar refractivity (Wildman–Crippen MR) is 81.5 cm³/mol. The van der Waals surface area contributed by atoms with E-state index in [1.54, 1.807) is 0 Å². The van der Waals surface area contributed by atoms with Gasteiger partial charge in [0.15, 0.2) is 0 Å². The van der Waals surface area contributed by atoms with Gasteiger partial charge in [-0.05, 0) is 6.42 Å². The Bertz CT molecular complexity index is 697. The van der Waals surface area contributed by atoms with E-state index in [9.17, 15) is 70.7 Å². The lowest BCUT2D eigenvalue weighted by Gasteiger charge is -2.43. The van der Waals surface area contributed by atoms with Crippen molar-refractivity contribution in [2.45, 2.75) is 67.6 Å². The van der Waals surface area contributed by atoms with E-state index in [0.717, 1.165) is 0 Å². The minimum absolute atomic E-state index is 0.0658. The molecule has 0 heterocycles. The summed E-state index contributed by atoms with van der Waals surface area (Å²) in [7, 11) is 0. The molecule has 0 aliphatic heterocycles. The second-order valence-electron chi connectivity index (χ2n) is 6.61. The van der Waals surface area contributed by atoms with E-state index in [1.807, 2.05) is 0 Å². The third-order valence-electron chi connectivity index (χ3n) is 4.08. The van der Waals surface area contributed by atoms with Crippen LogP contribution in [0.2, 0.25) is 0 Å². The fraction of sp³-hybridized carbons (Fsp3) is 0.812. The van der Waals surface area contributed by atoms with E-state index in [-0.39, 0.29) is 6.42 Å². The molecule has 202 valence electrons. The molecule has 1 atom stereocenters.